The molecule has 1 aliphatic heterocycles. The molecular formula is C17H20NO2+. The Morgan fingerprint density at radius 2 is 1.80 bits per heavy atom. The van der Waals surface area contributed by atoms with Gasteiger partial charge in [-0.15, -0.1) is 0 Å². The van der Waals surface area contributed by atoms with E-state index in [2.05, 4.69) is 48.2 Å². The highest BCUT2D eigenvalue weighted by molar-refractivity contribution is 5.45. The Morgan fingerprint density at radius 3 is 2.60 bits per heavy atom. The molecule has 104 valence electrons. The number of benzene rings is 2. The first-order valence-electron chi connectivity index (χ1n) is 7.09. The monoisotopic (exact) mass is 270 g/mol. The molecule has 1 atom stereocenters. The van der Waals surface area contributed by atoms with Crippen molar-refractivity contribution in [2.75, 3.05) is 13.3 Å². The first-order valence-corrected chi connectivity index (χ1v) is 7.09. The average molecular weight is 270 g/mol. The minimum atomic E-state index is 0.331. The van der Waals surface area contributed by atoms with Crippen LogP contribution in [0.1, 0.15) is 23.5 Å². The summed E-state index contributed by atoms with van der Waals surface area (Å²) < 4.78 is 10.9. The van der Waals surface area contributed by atoms with E-state index in [-0.39, 0.29) is 0 Å². The standard InChI is InChI=1S/C17H19NO2/c18-9-8-15(10-13-4-2-1-3-5-13)14-6-7-16-17(11-14)20-12-19-16/h1-7,11,15H,8-10,12,18H2/p+1/t15-/m1/s1. The van der Waals surface area contributed by atoms with Crippen molar-refractivity contribution in [2.45, 2.75) is 18.8 Å². The summed E-state index contributed by atoms with van der Waals surface area (Å²) in [7, 11) is 0. The number of hydrogen-bond donors (Lipinski definition) is 1. The Bertz CT molecular complexity index is 568. The maximum atomic E-state index is 5.48. The summed E-state index contributed by atoms with van der Waals surface area (Å²) in [6.07, 6.45) is 2.12. The van der Waals surface area contributed by atoms with Crippen LogP contribution >= 0.6 is 0 Å². The second-order valence-electron chi connectivity index (χ2n) is 5.14. The van der Waals surface area contributed by atoms with Crippen LogP contribution in [-0.4, -0.2) is 13.3 Å². The van der Waals surface area contributed by atoms with Crippen LogP contribution in [0.3, 0.4) is 0 Å². The Balaban J connectivity index is 1.83. The van der Waals surface area contributed by atoms with Crippen molar-refractivity contribution in [3.8, 4) is 11.5 Å². The number of ether oxygens (including phenoxy) is 2. The van der Waals surface area contributed by atoms with Crippen LogP contribution < -0.4 is 15.2 Å². The molecule has 1 heterocycles. The number of quaternary nitrogens is 1. The van der Waals surface area contributed by atoms with Gasteiger partial charge in [0.15, 0.2) is 11.5 Å². The highest BCUT2D eigenvalue weighted by atomic mass is 16.7. The normalized spacial score (nSPS) is 14.2. The molecule has 20 heavy (non-hydrogen) atoms. The quantitative estimate of drug-likeness (QED) is 0.906. The average Bonchev–Trinajstić information content (AvgIpc) is 2.95. The van der Waals surface area contributed by atoms with Crippen LogP contribution in [0, 0.1) is 0 Å². The van der Waals surface area contributed by atoms with Crippen LogP contribution in [0.2, 0.25) is 0 Å². The topological polar surface area (TPSA) is 46.1 Å². The third kappa shape index (κ3) is 2.78. The van der Waals surface area contributed by atoms with Gasteiger partial charge >= 0.3 is 0 Å². The molecule has 3 nitrogen and oxygen atoms in total. The lowest BCUT2D eigenvalue weighted by atomic mass is 9.89. The van der Waals surface area contributed by atoms with Gasteiger partial charge in [0.05, 0.1) is 6.54 Å². The molecule has 0 amide bonds. The molecule has 0 bridgehead atoms. The maximum absolute atomic E-state index is 5.48. The largest absolute Gasteiger partial charge is 0.454 e. The molecule has 0 spiro atoms. The lowest BCUT2D eigenvalue weighted by Gasteiger charge is -2.16. The highest BCUT2D eigenvalue weighted by Crippen LogP contribution is 2.36. The molecule has 0 aromatic heterocycles. The summed E-state index contributed by atoms with van der Waals surface area (Å²) in [5, 5.41) is 0. The Hall–Kier alpha value is -2.00. The molecule has 1 aliphatic rings. The van der Waals surface area contributed by atoms with Crippen molar-refractivity contribution < 1.29 is 15.2 Å². The van der Waals surface area contributed by atoms with Crippen molar-refractivity contribution >= 4 is 0 Å². The van der Waals surface area contributed by atoms with E-state index in [1.807, 2.05) is 6.07 Å². The van der Waals surface area contributed by atoms with Crippen molar-refractivity contribution in [1.82, 2.24) is 0 Å². The van der Waals surface area contributed by atoms with Crippen LogP contribution in [0.4, 0.5) is 0 Å². The van der Waals surface area contributed by atoms with E-state index in [9.17, 15) is 0 Å². The molecule has 0 radical (unpaired) electrons. The van der Waals surface area contributed by atoms with Gasteiger partial charge in [0.1, 0.15) is 0 Å². The third-order valence-corrected chi connectivity index (χ3v) is 3.75. The van der Waals surface area contributed by atoms with Crippen LogP contribution in [0.5, 0.6) is 11.5 Å². The zero-order valence-corrected chi connectivity index (χ0v) is 11.5. The summed E-state index contributed by atoms with van der Waals surface area (Å²) in [5.74, 6) is 2.19. The Morgan fingerprint density at radius 1 is 1.00 bits per heavy atom. The van der Waals surface area contributed by atoms with Crippen molar-refractivity contribution in [3.05, 3.63) is 59.7 Å². The van der Waals surface area contributed by atoms with Gasteiger partial charge in [-0.1, -0.05) is 36.4 Å². The Labute approximate surface area is 119 Å². The molecule has 3 heteroatoms. The predicted octanol–water partition coefficient (Wildman–Crippen LogP) is 2.37. The summed E-state index contributed by atoms with van der Waals surface area (Å²) in [4.78, 5) is 0. The zero-order valence-electron chi connectivity index (χ0n) is 11.5. The van der Waals surface area contributed by atoms with E-state index in [4.69, 9.17) is 9.47 Å². The summed E-state index contributed by atoms with van der Waals surface area (Å²) >= 11 is 0. The molecule has 0 aliphatic carbocycles. The fourth-order valence-corrected chi connectivity index (χ4v) is 2.70. The Kier molecular flexibility index (Phi) is 3.88. The smallest absolute Gasteiger partial charge is 0.231 e. The molecule has 0 unspecified atom stereocenters. The van der Waals surface area contributed by atoms with E-state index >= 15 is 0 Å². The number of fused-ring (bicyclic) bond motifs is 1. The van der Waals surface area contributed by atoms with Gasteiger partial charge in [-0.2, -0.15) is 0 Å². The molecule has 3 rings (SSSR count). The fraction of sp³-hybridized carbons (Fsp3) is 0.294. The van der Waals surface area contributed by atoms with E-state index in [0.717, 1.165) is 30.9 Å². The summed E-state index contributed by atoms with van der Waals surface area (Å²) in [6, 6.07) is 16.9. The lowest BCUT2D eigenvalue weighted by molar-refractivity contribution is -0.369. The molecule has 2 aromatic rings. The first kappa shape index (κ1) is 13.0. The van der Waals surface area contributed by atoms with Gasteiger partial charge in [-0.25, -0.2) is 0 Å². The van der Waals surface area contributed by atoms with E-state index < -0.39 is 0 Å². The molecule has 3 N–H and O–H groups in total. The molecular weight excluding hydrogens is 250 g/mol. The van der Waals surface area contributed by atoms with Crippen LogP contribution in [0.15, 0.2) is 48.5 Å². The minimum Gasteiger partial charge on any atom is -0.454 e. The van der Waals surface area contributed by atoms with Crippen molar-refractivity contribution in [3.63, 3.8) is 0 Å². The first-order chi connectivity index (χ1) is 9.86. The van der Waals surface area contributed by atoms with E-state index in [1.54, 1.807) is 0 Å². The van der Waals surface area contributed by atoms with Gasteiger partial charge in [-0.05, 0) is 35.6 Å². The van der Waals surface area contributed by atoms with Crippen molar-refractivity contribution in [1.29, 1.82) is 0 Å². The van der Waals surface area contributed by atoms with Gasteiger partial charge in [0, 0.05) is 6.42 Å². The van der Waals surface area contributed by atoms with Crippen molar-refractivity contribution in [2.24, 2.45) is 0 Å². The van der Waals surface area contributed by atoms with Gasteiger partial charge in [-0.3, -0.25) is 0 Å². The SMILES string of the molecule is [NH3+]CC[C@H](Cc1ccccc1)c1ccc2c(c1)OCO2. The molecule has 0 saturated carbocycles. The minimum absolute atomic E-state index is 0.331. The fourth-order valence-electron chi connectivity index (χ4n) is 2.70. The van der Waals surface area contributed by atoms with Crippen LogP contribution in [0.25, 0.3) is 0 Å². The highest BCUT2D eigenvalue weighted by Gasteiger charge is 2.18. The summed E-state index contributed by atoms with van der Waals surface area (Å²) in [6.45, 7) is 1.27. The zero-order chi connectivity index (χ0) is 13.8. The summed E-state index contributed by atoms with van der Waals surface area (Å²) in [5.41, 5.74) is 6.68. The molecule has 2 aromatic carbocycles. The second-order valence-corrected chi connectivity index (χ2v) is 5.14. The second kappa shape index (κ2) is 5.97. The van der Waals surface area contributed by atoms with Crippen LogP contribution in [-0.2, 0) is 6.42 Å². The van der Waals surface area contributed by atoms with Gasteiger partial charge in [0.2, 0.25) is 6.79 Å². The van der Waals surface area contributed by atoms with E-state index in [1.165, 1.54) is 11.1 Å². The van der Waals surface area contributed by atoms with Gasteiger partial charge < -0.3 is 15.2 Å². The number of rotatable bonds is 5. The lowest BCUT2D eigenvalue weighted by Crippen LogP contribution is -2.50. The van der Waals surface area contributed by atoms with Gasteiger partial charge in [0.25, 0.3) is 0 Å². The third-order valence-electron chi connectivity index (χ3n) is 3.75. The number of hydrogen-bond acceptors (Lipinski definition) is 2. The predicted molar refractivity (Wildman–Crippen MR) is 77.8 cm³/mol. The molecule has 0 fully saturated rings. The molecule has 0 saturated heterocycles. The maximum Gasteiger partial charge on any atom is 0.231 e. The van der Waals surface area contributed by atoms with E-state index in [0.29, 0.717) is 12.7 Å².